The molecule has 1 aromatic heterocycles. The first-order valence-corrected chi connectivity index (χ1v) is 16.5. The Morgan fingerprint density at radius 1 is 1.23 bits per heavy atom. The average molecular weight is 613 g/mol. The Morgan fingerprint density at radius 2 is 2.00 bits per heavy atom. The van der Waals surface area contributed by atoms with Crippen molar-refractivity contribution in [2.24, 2.45) is 23.2 Å². The number of aromatic nitrogens is 4. The number of nitrogens with zero attached hydrogens (tertiary/aromatic N) is 6. The zero-order valence-electron chi connectivity index (χ0n) is 24.6. The van der Waals surface area contributed by atoms with Crippen molar-refractivity contribution in [1.82, 2.24) is 40.6 Å². The van der Waals surface area contributed by atoms with E-state index in [2.05, 4.69) is 31.1 Å². The molecule has 5 fully saturated rings. The van der Waals surface area contributed by atoms with Crippen LogP contribution in [0.2, 0.25) is 0 Å². The zero-order valence-corrected chi connectivity index (χ0v) is 25.5. The van der Waals surface area contributed by atoms with Crippen LogP contribution >= 0.6 is 11.8 Å². The molecular formula is C29H40N8O5S. The molecule has 0 radical (unpaired) electrons. The first-order chi connectivity index (χ1) is 20.6. The number of rotatable bonds is 9. The fourth-order valence-electron chi connectivity index (χ4n) is 8.94. The predicted molar refractivity (Wildman–Crippen MR) is 155 cm³/mol. The number of aliphatic carboxylic acids is 1. The highest BCUT2D eigenvalue weighted by molar-refractivity contribution is 8.03. The summed E-state index contributed by atoms with van der Waals surface area (Å²) in [6.45, 7) is 6.17. The summed E-state index contributed by atoms with van der Waals surface area (Å²) in [4.78, 5) is 56.1. The van der Waals surface area contributed by atoms with Gasteiger partial charge in [-0.05, 0) is 60.3 Å². The van der Waals surface area contributed by atoms with Crippen molar-refractivity contribution in [2.45, 2.75) is 94.8 Å². The van der Waals surface area contributed by atoms with Crippen LogP contribution in [-0.2, 0) is 25.7 Å². The number of nitrogens with one attached hydrogen (secondary N) is 2. The highest BCUT2D eigenvalue weighted by Gasteiger charge is 2.60. The molecule has 43 heavy (non-hydrogen) atoms. The summed E-state index contributed by atoms with van der Waals surface area (Å²) in [6.07, 6.45) is 8.10. The quantitative estimate of drug-likeness (QED) is 0.336. The largest absolute Gasteiger partial charge is 0.477 e. The van der Waals surface area contributed by atoms with Gasteiger partial charge in [-0.3, -0.25) is 14.4 Å². The number of hydrogen-bond donors (Lipinski definition) is 3. The molecule has 13 nitrogen and oxygen atoms in total. The molecule has 6 aliphatic rings. The molecule has 6 aliphatic heterocycles. The average Bonchev–Trinajstić information content (AvgIpc) is 3.78. The van der Waals surface area contributed by atoms with Crippen molar-refractivity contribution in [3.8, 4) is 0 Å². The van der Waals surface area contributed by atoms with E-state index in [1.54, 1.807) is 0 Å². The number of piperidine rings is 1. The van der Waals surface area contributed by atoms with Gasteiger partial charge in [-0.1, -0.05) is 13.8 Å². The molecule has 3 unspecified atom stereocenters. The minimum atomic E-state index is -1.11. The van der Waals surface area contributed by atoms with Gasteiger partial charge in [-0.15, -0.1) is 16.9 Å². The van der Waals surface area contributed by atoms with E-state index in [1.807, 2.05) is 13.8 Å². The van der Waals surface area contributed by atoms with Gasteiger partial charge in [0.05, 0.1) is 18.0 Å². The number of amides is 2. The summed E-state index contributed by atoms with van der Waals surface area (Å²) in [5.41, 5.74) is 0.319. The van der Waals surface area contributed by atoms with E-state index in [0.717, 1.165) is 32.4 Å². The topological polar surface area (TPSA) is 163 Å². The number of tetrazole rings is 1. The Hall–Kier alpha value is -2.84. The Bertz CT molecular complexity index is 1340. The number of hydrogen-bond acceptors (Lipinski definition) is 10. The molecule has 0 aliphatic carbocycles. The Balaban J connectivity index is 0.972. The number of Topliss-reactive ketones (excluding diaryl/α,β-unsaturated/α-hetero) is 1. The second-order valence-corrected chi connectivity index (χ2v) is 15.1. The van der Waals surface area contributed by atoms with Crippen LogP contribution in [0.15, 0.2) is 16.9 Å². The minimum Gasteiger partial charge on any atom is -0.477 e. The number of β-lactam (4-membered cyclic amide) rings is 1. The van der Waals surface area contributed by atoms with E-state index in [4.69, 9.17) is 0 Å². The van der Waals surface area contributed by atoms with Crippen LogP contribution in [0.25, 0.3) is 0 Å². The number of carboxylic acid groups (broad SMARTS) is 1. The third kappa shape index (κ3) is 5.08. The molecule has 1 aromatic rings. The fraction of sp³-hybridized carbons (Fsp3) is 0.759. The standard InChI is InChI=1S/C29H40N8O5S/c1-15(7-19(38)12-36-14-31-33-34-36)22-23-16(2)25(24(28(41)42)37(23)27(22)40)43-20-8-21(30-11-20)26(39)35-6-5-29(13-35)9-17-3-4-18(10-29)32-17/h14-18,20-23,30,32H,3-13H2,1-2H3,(H,41,42)/t15-,16+,17?,18?,20-,21?,22+,23+,29?/m0/s1. The zero-order chi connectivity index (χ0) is 30.0. The SMILES string of the molecule is C[C@@H](CC(=O)Cn1cnnn1)[C@H]1C(=O)N2C(C(=O)O)=C(S[C@@H]3CNC(C(=O)N4CCC5(CC6CCC(C5)N6)C4)C3)[C@H](C)[C@H]12. The molecule has 0 saturated carbocycles. The maximum absolute atomic E-state index is 13.6. The first-order valence-electron chi connectivity index (χ1n) is 15.6. The van der Waals surface area contributed by atoms with Gasteiger partial charge in [0.1, 0.15) is 18.6 Å². The number of likely N-dealkylation sites (tertiary alicyclic amines) is 1. The summed E-state index contributed by atoms with van der Waals surface area (Å²) in [6, 6.07) is 0.643. The Kier molecular flexibility index (Phi) is 7.36. The van der Waals surface area contributed by atoms with Crippen LogP contribution in [0, 0.1) is 23.2 Å². The molecule has 5 saturated heterocycles. The van der Waals surface area contributed by atoms with Crippen LogP contribution < -0.4 is 10.6 Å². The lowest BCUT2D eigenvalue weighted by Gasteiger charge is -2.47. The van der Waals surface area contributed by atoms with Crippen molar-refractivity contribution in [3.63, 3.8) is 0 Å². The van der Waals surface area contributed by atoms with Crippen molar-refractivity contribution < 1.29 is 24.3 Å². The van der Waals surface area contributed by atoms with E-state index in [1.165, 1.54) is 40.5 Å². The highest BCUT2D eigenvalue weighted by atomic mass is 32.2. The molecule has 3 N–H and O–H groups in total. The van der Waals surface area contributed by atoms with E-state index < -0.39 is 11.9 Å². The Morgan fingerprint density at radius 3 is 2.70 bits per heavy atom. The lowest BCUT2D eigenvalue weighted by Crippen LogP contribution is -2.62. The summed E-state index contributed by atoms with van der Waals surface area (Å²) in [7, 11) is 0. The van der Waals surface area contributed by atoms with Gasteiger partial charge in [0, 0.05) is 54.2 Å². The van der Waals surface area contributed by atoms with E-state index in [9.17, 15) is 24.3 Å². The summed E-state index contributed by atoms with van der Waals surface area (Å²) >= 11 is 1.50. The highest BCUT2D eigenvalue weighted by Crippen LogP contribution is 2.53. The minimum absolute atomic E-state index is 0.0349. The van der Waals surface area contributed by atoms with Crippen LogP contribution in [0.1, 0.15) is 58.8 Å². The molecule has 7 rings (SSSR count). The van der Waals surface area contributed by atoms with Crippen LogP contribution in [0.5, 0.6) is 0 Å². The third-order valence-corrected chi connectivity index (χ3v) is 12.3. The van der Waals surface area contributed by atoms with Gasteiger partial charge in [-0.25, -0.2) is 9.48 Å². The molecule has 7 heterocycles. The maximum Gasteiger partial charge on any atom is 0.353 e. The van der Waals surface area contributed by atoms with Gasteiger partial charge in [-0.2, -0.15) is 0 Å². The van der Waals surface area contributed by atoms with Gasteiger partial charge >= 0.3 is 5.97 Å². The number of carbonyl (C=O) groups excluding carboxylic acids is 3. The lowest BCUT2D eigenvalue weighted by atomic mass is 9.73. The van der Waals surface area contributed by atoms with Crippen molar-refractivity contribution in [2.75, 3.05) is 19.6 Å². The van der Waals surface area contributed by atoms with E-state index >= 15 is 0 Å². The second kappa shape index (κ2) is 11.0. The van der Waals surface area contributed by atoms with Crippen LogP contribution in [-0.4, -0.2) is 108 Å². The number of fused-ring (bicyclic) bond motifs is 3. The smallest absolute Gasteiger partial charge is 0.353 e. The normalized spacial score (nSPS) is 37.3. The van der Waals surface area contributed by atoms with Crippen molar-refractivity contribution in [3.05, 3.63) is 16.9 Å². The maximum atomic E-state index is 13.6. The molecule has 232 valence electrons. The van der Waals surface area contributed by atoms with E-state index in [-0.39, 0.29) is 70.8 Å². The number of ketones is 1. The van der Waals surface area contributed by atoms with Crippen molar-refractivity contribution in [1.29, 1.82) is 0 Å². The number of carboxylic acids is 1. The van der Waals surface area contributed by atoms with Crippen LogP contribution in [0.4, 0.5) is 0 Å². The van der Waals surface area contributed by atoms with Gasteiger partial charge in [0.15, 0.2) is 5.78 Å². The molecule has 2 amide bonds. The molecular weight excluding hydrogens is 572 g/mol. The Labute approximate surface area is 254 Å². The van der Waals surface area contributed by atoms with Gasteiger partial charge in [0.25, 0.3) is 0 Å². The fourth-order valence-corrected chi connectivity index (χ4v) is 10.4. The van der Waals surface area contributed by atoms with Gasteiger partial charge < -0.3 is 25.5 Å². The first kappa shape index (κ1) is 28.9. The molecule has 2 bridgehead atoms. The monoisotopic (exact) mass is 612 g/mol. The number of thioether (sulfide) groups is 1. The predicted octanol–water partition coefficient (Wildman–Crippen LogP) is 0.638. The summed E-state index contributed by atoms with van der Waals surface area (Å²) in [5, 5.41) is 28.2. The molecule has 14 heteroatoms. The van der Waals surface area contributed by atoms with E-state index in [0.29, 0.717) is 30.0 Å². The summed E-state index contributed by atoms with van der Waals surface area (Å²) < 4.78 is 1.35. The number of carbonyl (C=O) groups is 4. The molecule has 0 aromatic carbocycles. The molecule has 8 atom stereocenters. The second-order valence-electron chi connectivity index (χ2n) is 13.8. The van der Waals surface area contributed by atoms with Crippen LogP contribution in [0.3, 0.4) is 0 Å². The van der Waals surface area contributed by atoms with Gasteiger partial charge in [0.2, 0.25) is 11.8 Å². The van der Waals surface area contributed by atoms with Crippen molar-refractivity contribution >= 4 is 35.3 Å². The third-order valence-electron chi connectivity index (χ3n) is 10.8. The lowest BCUT2D eigenvalue weighted by molar-refractivity contribution is -0.160. The molecule has 1 spiro atoms. The summed E-state index contributed by atoms with van der Waals surface area (Å²) in [5.74, 6) is -2.10.